The maximum absolute atomic E-state index is 12.4. The molecule has 0 fully saturated rings. The Morgan fingerprint density at radius 2 is 2.19 bits per heavy atom. The van der Waals surface area contributed by atoms with Crippen LogP contribution in [-0.4, -0.2) is 27.6 Å². The molecule has 0 atom stereocenters. The van der Waals surface area contributed by atoms with Crippen LogP contribution in [0.5, 0.6) is 0 Å². The SMILES string of the molecule is CCNC(C)(C)C(=O)c1c(Br)cnn1CC. The second-order valence-corrected chi connectivity index (χ2v) is 5.00. The molecular weight excluding hydrogens is 270 g/mol. The molecule has 0 saturated carbocycles. The molecule has 0 aromatic carbocycles. The Morgan fingerprint density at radius 3 is 2.69 bits per heavy atom. The Balaban J connectivity index is 3.08. The fourth-order valence-electron chi connectivity index (χ4n) is 1.65. The van der Waals surface area contributed by atoms with Gasteiger partial charge in [-0.1, -0.05) is 6.92 Å². The normalized spacial score (nSPS) is 11.8. The van der Waals surface area contributed by atoms with Crippen molar-refractivity contribution in [3.63, 3.8) is 0 Å². The van der Waals surface area contributed by atoms with E-state index in [0.29, 0.717) is 12.2 Å². The van der Waals surface area contributed by atoms with Gasteiger partial charge in [-0.15, -0.1) is 0 Å². The van der Waals surface area contributed by atoms with Gasteiger partial charge < -0.3 is 5.32 Å². The second kappa shape index (κ2) is 5.10. The maximum atomic E-state index is 12.4. The Kier molecular flexibility index (Phi) is 4.27. The Bertz CT molecular complexity index is 385. The van der Waals surface area contributed by atoms with Crippen molar-refractivity contribution in [2.45, 2.75) is 39.8 Å². The number of rotatable bonds is 5. The van der Waals surface area contributed by atoms with Gasteiger partial charge in [0.1, 0.15) is 5.69 Å². The molecule has 0 saturated heterocycles. The molecule has 1 heterocycles. The fourth-order valence-corrected chi connectivity index (χ4v) is 2.12. The van der Waals surface area contributed by atoms with Gasteiger partial charge in [0.15, 0.2) is 0 Å². The fraction of sp³-hybridized carbons (Fsp3) is 0.636. The van der Waals surface area contributed by atoms with Crippen molar-refractivity contribution in [1.29, 1.82) is 0 Å². The summed E-state index contributed by atoms with van der Waals surface area (Å²) in [6.45, 7) is 9.18. The van der Waals surface area contributed by atoms with E-state index in [2.05, 4.69) is 26.3 Å². The largest absolute Gasteiger partial charge is 0.305 e. The van der Waals surface area contributed by atoms with E-state index in [1.807, 2.05) is 27.7 Å². The Hall–Kier alpha value is -0.680. The van der Waals surface area contributed by atoms with E-state index >= 15 is 0 Å². The summed E-state index contributed by atoms with van der Waals surface area (Å²) in [5.41, 5.74) is 0.0676. The van der Waals surface area contributed by atoms with Gasteiger partial charge in [0.25, 0.3) is 0 Å². The van der Waals surface area contributed by atoms with Gasteiger partial charge in [0.2, 0.25) is 5.78 Å². The summed E-state index contributed by atoms with van der Waals surface area (Å²) in [7, 11) is 0. The lowest BCUT2D eigenvalue weighted by molar-refractivity contribution is 0.0872. The molecule has 90 valence electrons. The van der Waals surface area contributed by atoms with E-state index in [1.165, 1.54) is 0 Å². The van der Waals surface area contributed by atoms with Crippen LogP contribution in [-0.2, 0) is 6.54 Å². The number of nitrogens with zero attached hydrogens (tertiary/aromatic N) is 2. The van der Waals surface area contributed by atoms with Crippen molar-refractivity contribution < 1.29 is 4.79 Å². The van der Waals surface area contributed by atoms with Crippen LogP contribution in [0.1, 0.15) is 38.2 Å². The number of aromatic nitrogens is 2. The molecule has 0 spiro atoms. The summed E-state index contributed by atoms with van der Waals surface area (Å²) in [4.78, 5) is 12.4. The van der Waals surface area contributed by atoms with Crippen molar-refractivity contribution in [3.05, 3.63) is 16.4 Å². The average Bonchev–Trinajstić information content (AvgIpc) is 2.58. The molecular formula is C11H18BrN3O. The lowest BCUT2D eigenvalue weighted by Crippen LogP contribution is -2.47. The molecule has 0 aliphatic heterocycles. The topological polar surface area (TPSA) is 46.9 Å². The summed E-state index contributed by atoms with van der Waals surface area (Å²) < 4.78 is 2.47. The third kappa shape index (κ3) is 2.52. The second-order valence-electron chi connectivity index (χ2n) is 4.14. The van der Waals surface area contributed by atoms with E-state index in [0.717, 1.165) is 11.0 Å². The molecule has 1 aromatic heterocycles. The highest BCUT2D eigenvalue weighted by Gasteiger charge is 2.31. The number of ketones is 1. The standard InChI is InChI=1S/C11H18BrN3O/c1-5-13-11(3,4)10(16)9-8(12)7-14-15(9)6-2/h7,13H,5-6H2,1-4H3. The number of carbonyl (C=O) groups is 1. The molecule has 0 aliphatic carbocycles. The molecule has 0 unspecified atom stereocenters. The zero-order valence-corrected chi connectivity index (χ0v) is 11.8. The van der Waals surface area contributed by atoms with Gasteiger partial charge in [-0.3, -0.25) is 9.48 Å². The van der Waals surface area contributed by atoms with Crippen molar-refractivity contribution in [1.82, 2.24) is 15.1 Å². The van der Waals surface area contributed by atoms with Crippen LogP contribution in [0.15, 0.2) is 10.7 Å². The van der Waals surface area contributed by atoms with Crippen LogP contribution in [0.3, 0.4) is 0 Å². The summed E-state index contributed by atoms with van der Waals surface area (Å²) in [6.07, 6.45) is 1.67. The number of Topliss-reactive ketones (excluding diaryl/α,β-unsaturated/α-hetero) is 1. The van der Waals surface area contributed by atoms with E-state index in [-0.39, 0.29) is 5.78 Å². The van der Waals surface area contributed by atoms with Crippen molar-refractivity contribution >= 4 is 21.7 Å². The zero-order chi connectivity index (χ0) is 12.3. The maximum Gasteiger partial charge on any atom is 0.201 e. The number of aryl methyl sites for hydroxylation is 1. The zero-order valence-electron chi connectivity index (χ0n) is 10.2. The highest BCUT2D eigenvalue weighted by atomic mass is 79.9. The third-order valence-electron chi connectivity index (χ3n) is 2.50. The molecule has 5 heteroatoms. The predicted octanol–water partition coefficient (Wildman–Crippen LogP) is 2.24. The first-order valence-corrected chi connectivity index (χ1v) is 6.24. The van der Waals surface area contributed by atoms with Gasteiger partial charge in [-0.05, 0) is 43.2 Å². The minimum Gasteiger partial charge on any atom is -0.305 e. The van der Waals surface area contributed by atoms with Crippen LogP contribution < -0.4 is 5.32 Å². The molecule has 1 N–H and O–H groups in total. The predicted molar refractivity (Wildman–Crippen MR) is 67.7 cm³/mol. The van der Waals surface area contributed by atoms with Crippen LogP contribution in [0.4, 0.5) is 0 Å². The first-order chi connectivity index (χ1) is 7.44. The molecule has 1 rings (SSSR count). The van der Waals surface area contributed by atoms with Crippen LogP contribution in [0.25, 0.3) is 0 Å². The molecule has 0 bridgehead atoms. The van der Waals surface area contributed by atoms with Crippen molar-refractivity contribution in [2.75, 3.05) is 6.54 Å². The average molecular weight is 288 g/mol. The van der Waals surface area contributed by atoms with E-state index in [1.54, 1.807) is 10.9 Å². The molecule has 1 aromatic rings. The van der Waals surface area contributed by atoms with Crippen molar-refractivity contribution in [3.8, 4) is 0 Å². The molecule has 16 heavy (non-hydrogen) atoms. The summed E-state index contributed by atoms with van der Waals surface area (Å²) >= 11 is 3.37. The quantitative estimate of drug-likeness (QED) is 0.845. The Labute approximate surface area is 105 Å². The van der Waals surface area contributed by atoms with Gasteiger partial charge in [-0.25, -0.2) is 0 Å². The monoisotopic (exact) mass is 287 g/mol. The highest BCUT2D eigenvalue weighted by molar-refractivity contribution is 9.10. The van der Waals surface area contributed by atoms with E-state index in [4.69, 9.17) is 0 Å². The molecule has 4 nitrogen and oxygen atoms in total. The molecule has 0 amide bonds. The number of hydrogen-bond donors (Lipinski definition) is 1. The van der Waals surface area contributed by atoms with Crippen LogP contribution >= 0.6 is 15.9 Å². The first-order valence-electron chi connectivity index (χ1n) is 5.45. The molecule has 0 radical (unpaired) electrons. The van der Waals surface area contributed by atoms with Gasteiger partial charge in [0.05, 0.1) is 16.2 Å². The van der Waals surface area contributed by atoms with Gasteiger partial charge >= 0.3 is 0 Å². The lowest BCUT2D eigenvalue weighted by Gasteiger charge is -2.24. The minimum absolute atomic E-state index is 0.0561. The number of carbonyl (C=O) groups excluding carboxylic acids is 1. The van der Waals surface area contributed by atoms with Crippen molar-refractivity contribution in [2.24, 2.45) is 0 Å². The molecule has 0 aliphatic rings. The highest BCUT2D eigenvalue weighted by Crippen LogP contribution is 2.21. The van der Waals surface area contributed by atoms with E-state index < -0.39 is 5.54 Å². The summed E-state index contributed by atoms with van der Waals surface area (Å²) in [5.74, 6) is 0.0561. The number of hydrogen-bond acceptors (Lipinski definition) is 3. The number of nitrogens with one attached hydrogen (secondary N) is 1. The van der Waals surface area contributed by atoms with Crippen LogP contribution in [0, 0.1) is 0 Å². The third-order valence-corrected chi connectivity index (χ3v) is 3.08. The minimum atomic E-state index is -0.565. The van der Waals surface area contributed by atoms with Crippen LogP contribution in [0.2, 0.25) is 0 Å². The van der Waals surface area contributed by atoms with Gasteiger partial charge in [0, 0.05) is 6.54 Å². The summed E-state index contributed by atoms with van der Waals surface area (Å²) in [6, 6.07) is 0. The lowest BCUT2D eigenvalue weighted by atomic mass is 9.96. The number of likely N-dealkylation sites (N-methyl/N-ethyl adjacent to an activating group) is 1. The number of halogens is 1. The van der Waals surface area contributed by atoms with Gasteiger partial charge in [-0.2, -0.15) is 5.10 Å². The first kappa shape index (κ1) is 13.4. The Morgan fingerprint density at radius 1 is 1.56 bits per heavy atom. The summed E-state index contributed by atoms with van der Waals surface area (Å²) in [5, 5.41) is 7.33. The van der Waals surface area contributed by atoms with E-state index in [9.17, 15) is 4.79 Å². The smallest absolute Gasteiger partial charge is 0.201 e.